The van der Waals surface area contributed by atoms with E-state index in [1.54, 1.807) is 11.3 Å². The summed E-state index contributed by atoms with van der Waals surface area (Å²) in [4.78, 5) is 32.4. The second-order valence-corrected chi connectivity index (χ2v) is 9.34. The van der Waals surface area contributed by atoms with Crippen molar-refractivity contribution < 1.29 is 14.7 Å². The van der Waals surface area contributed by atoms with Crippen LogP contribution in [0.2, 0.25) is 0 Å². The second-order valence-electron chi connectivity index (χ2n) is 8.40. The molecule has 1 aromatic heterocycles. The average molecular weight is 408 g/mol. The highest BCUT2D eigenvalue weighted by Gasteiger charge is 2.49. The van der Waals surface area contributed by atoms with Crippen LogP contribution >= 0.6 is 11.3 Å². The van der Waals surface area contributed by atoms with Crippen molar-refractivity contribution in [2.24, 2.45) is 11.1 Å². The van der Waals surface area contributed by atoms with Crippen molar-refractivity contribution in [3.63, 3.8) is 0 Å². The van der Waals surface area contributed by atoms with Gasteiger partial charge in [-0.1, -0.05) is 26.2 Å². The van der Waals surface area contributed by atoms with E-state index in [1.807, 2.05) is 5.51 Å². The molecule has 3 N–H and O–H groups in total. The van der Waals surface area contributed by atoms with Gasteiger partial charge in [0.1, 0.15) is 0 Å². The fraction of sp³-hybridized carbons (Fsp3) is 0.762. The molecule has 0 radical (unpaired) electrons. The van der Waals surface area contributed by atoms with Gasteiger partial charge in [0.25, 0.3) is 0 Å². The monoisotopic (exact) mass is 407 g/mol. The number of carbonyl (C=O) groups is 2. The van der Waals surface area contributed by atoms with Crippen LogP contribution in [0.5, 0.6) is 0 Å². The van der Waals surface area contributed by atoms with Gasteiger partial charge in [0.2, 0.25) is 5.91 Å². The van der Waals surface area contributed by atoms with E-state index in [9.17, 15) is 14.7 Å². The first-order chi connectivity index (χ1) is 13.5. The number of aliphatic carboxylic acids is 1. The van der Waals surface area contributed by atoms with Crippen molar-refractivity contribution in [3.05, 3.63) is 16.1 Å². The number of nitrogens with two attached hydrogens (primary N) is 1. The molecule has 0 aliphatic heterocycles. The SMILES string of the molecule is CCCN(C1CCc2ncsc2C1)C(CCC(N)=O)C1(C(=O)O)CCCCC1. The zero-order valence-electron chi connectivity index (χ0n) is 16.9. The molecule has 1 amide bonds. The number of hydrogen-bond donors (Lipinski definition) is 2. The van der Waals surface area contributed by atoms with Gasteiger partial charge in [0.05, 0.1) is 16.6 Å². The third kappa shape index (κ3) is 4.40. The maximum absolute atomic E-state index is 12.6. The Morgan fingerprint density at radius 1 is 1.39 bits per heavy atom. The smallest absolute Gasteiger partial charge is 0.311 e. The van der Waals surface area contributed by atoms with E-state index in [1.165, 1.54) is 10.6 Å². The number of aromatic nitrogens is 1. The van der Waals surface area contributed by atoms with Gasteiger partial charge < -0.3 is 10.8 Å². The van der Waals surface area contributed by atoms with Crippen LogP contribution < -0.4 is 5.73 Å². The molecule has 1 fully saturated rings. The molecule has 0 saturated heterocycles. The fourth-order valence-corrected chi connectivity index (χ4v) is 6.21. The Balaban J connectivity index is 1.92. The number of hydrogen-bond acceptors (Lipinski definition) is 5. The average Bonchev–Trinajstić information content (AvgIpc) is 3.15. The van der Waals surface area contributed by atoms with E-state index < -0.39 is 11.4 Å². The van der Waals surface area contributed by atoms with E-state index in [0.717, 1.165) is 51.5 Å². The summed E-state index contributed by atoms with van der Waals surface area (Å²) in [5, 5.41) is 10.3. The number of aryl methyl sites for hydroxylation is 1. The van der Waals surface area contributed by atoms with Crippen LogP contribution in [0.15, 0.2) is 5.51 Å². The van der Waals surface area contributed by atoms with Crippen LogP contribution in [0, 0.1) is 5.41 Å². The Bertz CT molecular complexity index is 684. The predicted molar refractivity (Wildman–Crippen MR) is 110 cm³/mol. The Kier molecular flexibility index (Phi) is 7.10. The fourth-order valence-electron chi connectivity index (χ4n) is 5.33. The molecule has 1 aromatic rings. The quantitative estimate of drug-likeness (QED) is 0.654. The number of amides is 1. The highest BCUT2D eigenvalue weighted by molar-refractivity contribution is 7.09. The van der Waals surface area contributed by atoms with E-state index in [4.69, 9.17) is 5.73 Å². The first kappa shape index (κ1) is 21.2. The third-order valence-electron chi connectivity index (χ3n) is 6.69. The van der Waals surface area contributed by atoms with Crippen molar-refractivity contribution in [1.82, 2.24) is 9.88 Å². The minimum absolute atomic E-state index is 0.141. The van der Waals surface area contributed by atoms with E-state index in [-0.39, 0.29) is 18.4 Å². The van der Waals surface area contributed by atoms with Gasteiger partial charge in [-0.15, -0.1) is 11.3 Å². The molecule has 2 unspecified atom stereocenters. The molecule has 6 nitrogen and oxygen atoms in total. The lowest BCUT2D eigenvalue weighted by Crippen LogP contribution is -2.57. The van der Waals surface area contributed by atoms with Crippen LogP contribution in [0.1, 0.15) is 75.3 Å². The number of carboxylic acid groups (broad SMARTS) is 1. The Morgan fingerprint density at radius 2 is 2.14 bits per heavy atom. The third-order valence-corrected chi connectivity index (χ3v) is 7.58. The van der Waals surface area contributed by atoms with Crippen molar-refractivity contribution in [1.29, 1.82) is 0 Å². The first-order valence-corrected chi connectivity index (χ1v) is 11.5. The minimum atomic E-state index is -0.767. The summed E-state index contributed by atoms with van der Waals surface area (Å²) in [6, 6.07) is 0.168. The van der Waals surface area contributed by atoms with Gasteiger partial charge in [-0.05, 0) is 51.5 Å². The van der Waals surface area contributed by atoms with Crippen LogP contribution in [0.4, 0.5) is 0 Å². The molecule has 28 heavy (non-hydrogen) atoms. The van der Waals surface area contributed by atoms with Gasteiger partial charge in [-0.2, -0.15) is 0 Å². The number of rotatable bonds is 9. The van der Waals surface area contributed by atoms with Crippen molar-refractivity contribution in [2.45, 2.75) is 89.6 Å². The van der Waals surface area contributed by atoms with Crippen molar-refractivity contribution in [3.8, 4) is 0 Å². The molecule has 2 aliphatic rings. The van der Waals surface area contributed by atoms with Gasteiger partial charge in [0.15, 0.2) is 0 Å². The Hall–Kier alpha value is -1.47. The Labute approximate surface area is 171 Å². The van der Waals surface area contributed by atoms with Gasteiger partial charge in [-0.25, -0.2) is 4.98 Å². The van der Waals surface area contributed by atoms with Crippen molar-refractivity contribution in [2.75, 3.05) is 6.54 Å². The van der Waals surface area contributed by atoms with E-state index >= 15 is 0 Å². The molecule has 2 atom stereocenters. The lowest BCUT2D eigenvalue weighted by Gasteiger charge is -2.49. The maximum atomic E-state index is 12.6. The highest BCUT2D eigenvalue weighted by Crippen LogP contribution is 2.45. The number of fused-ring (bicyclic) bond motifs is 1. The zero-order valence-corrected chi connectivity index (χ0v) is 17.7. The lowest BCUT2D eigenvalue weighted by molar-refractivity contribution is -0.158. The van der Waals surface area contributed by atoms with Crippen LogP contribution in [0.3, 0.4) is 0 Å². The van der Waals surface area contributed by atoms with Crippen LogP contribution in [-0.4, -0.2) is 45.5 Å². The van der Waals surface area contributed by atoms with E-state index in [2.05, 4.69) is 16.8 Å². The molecule has 156 valence electrons. The molecule has 2 aliphatic carbocycles. The van der Waals surface area contributed by atoms with Gasteiger partial charge in [0, 0.05) is 23.4 Å². The Morgan fingerprint density at radius 3 is 2.79 bits per heavy atom. The number of primary amides is 1. The number of carbonyl (C=O) groups excluding carboxylic acids is 1. The normalized spacial score (nSPS) is 22.6. The summed E-state index contributed by atoms with van der Waals surface area (Å²) in [7, 11) is 0. The summed E-state index contributed by atoms with van der Waals surface area (Å²) < 4.78 is 0. The molecular formula is C21H33N3O3S. The summed E-state index contributed by atoms with van der Waals surface area (Å²) in [5.74, 6) is -1.04. The molecule has 0 aromatic carbocycles. The van der Waals surface area contributed by atoms with Gasteiger partial charge in [-0.3, -0.25) is 14.5 Å². The summed E-state index contributed by atoms with van der Waals surface area (Å²) >= 11 is 1.71. The molecule has 1 saturated carbocycles. The molecule has 0 spiro atoms. The molecule has 1 heterocycles. The van der Waals surface area contributed by atoms with E-state index in [0.29, 0.717) is 25.3 Å². The first-order valence-electron chi connectivity index (χ1n) is 10.7. The number of thiazole rings is 1. The van der Waals surface area contributed by atoms with Crippen LogP contribution in [0.25, 0.3) is 0 Å². The van der Waals surface area contributed by atoms with Crippen molar-refractivity contribution >= 4 is 23.2 Å². The largest absolute Gasteiger partial charge is 0.481 e. The minimum Gasteiger partial charge on any atom is -0.481 e. The molecule has 3 rings (SSSR count). The molecular weight excluding hydrogens is 374 g/mol. The summed E-state index contributed by atoms with van der Waals surface area (Å²) in [5.41, 5.74) is 7.84. The summed E-state index contributed by atoms with van der Waals surface area (Å²) in [6.07, 6.45) is 9.02. The topological polar surface area (TPSA) is 96.5 Å². The highest BCUT2D eigenvalue weighted by atomic mass is 32.1. The molecule has 0 bridgehead atoms. The summed E-state index contributed by atoms with van der Waals surface area (Å²) in [6.45, 7) is 3.00. The standard InChI is InChI=1S/C21H33N3O3S/c1-2-12-24(15-6-7-16-17(13-15)28-14-23-16)18(8-9-19(22)25)21(20(26)27)10-4-3-5-11-21/h14-15,18H,2-13H2,1H3,(H2,22,25)(H,26,27). The zero-order chi connectivity index (χ0) is 20.1. The van der Waals surface area contributed by atoms with Crippen LogP contribution in [-0.2, 0) is 22.4 Å². The number of nitrogens with zero attached hydrogens (tertiary/aromatic N) is 2. The lowest BCUT2D eigenvalue weighted by atomic mass is 9.66. The number of carboxylic acids is 1. The van der Waals surface area contributed by atoms with Gasteiger partial charge >= 0.3 is 5.97 Å². The maximum Gasteiger partial charge on any atom is 0.311 e. The second kappa shape index (κ2) is 9.35. The molecule has 7 heteroatoms. The predicted octanol–water partition coefficient (Wildman–Crippen LogP) is 3.38.